The lowest BCUT2D eigenvalue weighted by molar-refractivity contribution is 0.0747. The van der Waals surface area contributed by atoms with Crippen LogP contribution >= 0.6 is 0 Å². The van der Waals surface area contributed by atoms with E-state index in [0.717, 1.165) is 54.0 Å². The minimum Gasteiger partial charge on any atom is -0.365 e. The molecule has 1 aromatic carbocycles. The number of nitrogens with one attached hydrogen (secondary N) is 2. The van der Waals surface area contributed by atoms with Crippen LogP contribution in [-0.4, -0.2) is 52.2 Å². The summed E-state index contributed by atoms with van der Waals surface area (Å²) in [5, 5.41) is 8.43. The van der Waals surface area contributed by atoms with Gasteiger partial charge in [0.05, 0.1) is 17.1 Å². The second-order valence-electron chi connectivity index (χ2n) is 6.34. The zero-order valence-corrected chi connectivity index (χ0v) is 14.0. The number of carbonyl (C=O) groups excluding carboxylic acids is 1. The van der Waals surface area contributed by atoms with E-state index in [4.69, 9.17) is 0 Å². The van der Waals surface area contributed by atoms with Crippen molar-refractivity contribution < 1.29 is 4.79 Å². The van der Waals surface area contributed by atoms with E-state index in [-0.39, 0.29) is 5.91 Å². The smallest absolute Gasteiger partial charge is 0.254 e. The van der Waals surface area contributed by atoms with Crippen LogP contribution in [0.2, 0.25) is 0 Å². The third-order valence-corrected chi connectivity index (χ3v) is 4.77. The van der Waals surface area contributed by atoms with Crippen molar-refractivity contribution in [1.82, 2.24) is 20.1 Å². The molecule has 6 nitrogen and oxygen atoms in total. The summed E-state index contributed by atoms with van der Waals surface area (Å²) in [6.45, 7) is 7.17. The van der Waals surface area contributed by atoms with Crippen molar-refractivity contribution in [3.05, 3.63) is 47.4 Å². The molecule has 1 saturated heterocycles. The number of H-pyrrole nitrogens is 2. The van der Waals surface area contributed by atoms with Crippen LogP contribution in [0.4, 0.5) is 5.69 Å². The Labute approximate surface area is 140 Å². The Hall–Kier alpha value is -2.76. The molecule has 1 aliphatic heterocycles. The molecule has 6 heteroatoms. The van der Waals surface area contributed by atoms with E-state index < -0.39 is 0 Å². The van der Waals surface area contributed by atoms with Crippen molar-refractivity contribution in [2.75, 3.05) is 31.1 Å². The highest BCUT2D eigenvalue weighted by atomic mass is 16.2. The number of anilines is 1. The number of rotatable bonds is 2. The van der Waals surface area contributed by atoms with Gasteiger partial charge in [0.15, 0.2) is 0 Å². The van der Waals surface area contributed by atoms with Gasteiger partial charge in [0, 0.05) is 43.5 Å². The lowest BCUT2D eigenvalue weighted by Crippen LogP contribution is -2.49. The van der Waals surface area contributed by atoms with Gasteiger partial charge in [-0.3, -0.25) is 9.89 Å². The summed E-state index contributed by atoms with van der Waals surface area (Å²) in [6, 6.07) is 7.86. The lowest BCUT2D eigenvalue weighted by atomic mass is 10.1. The molecule has 0 atom stereocenters. The Morgan fingerprint density at radius 3 is 2.62 bits per heavy atom. The number of carbonyl (C=O) groups is 1. The molecule has 0 radical (unpaired) electrons. The van der Waals surface area contributed by atoms with Crippen LogP contribution in [0.5, 0.6) is 0 Å². The summed E-state index contributed by atoms with van der Waals surface area (Å²) in [6.07, 6.45) is 1.90. The highest BCUT2D eigenvalue weighted by Gasteiger charge is 2.24. The number of hydrogen-bond donors (Lipinski definition) is 2. The van der Waals surface area contributed by atoms with Crippen LogP contribution in [0.15, 0.2) is 30.5 Å². The Morgan fingerprint density at radius 2 is 1.92 bits per heavy atom. The zero-order valence-electron chi connectivity index (χ0n) is 14.0. The number of hydrogen-bond acceptors (Lipinski definition) is 3. The number of aryl methyl sites for hydroxylation is 2. The van der Waals surface area contributed by atoms with E-state index >= 15 is 0 Å². The molecule has 4 rings (SSSR count). The average molecular weight is 323 g/mol. The van der Waals surface area contributed by atoms with Crippen LogP contribution in [0.1, 0.15) is 21.7 Å². The standard InChI is InChI=1S/C18H21N5O/c1-12-17(13(2)21-20-12)22-7-9-23(10-8-22)18(24)15-4-3-14-5-6-19-16(14)11-15/h3-6,11,19H,7-10H2,1-2H3,(H,20,21). The molecule has 3 heterocycles. The summed E-state index contributed by atoms with van der Waals surface area (Å²) in [5.41, 5.74) is 5.03. The van der Waals surface area contributed by atoms with Crippen molar-refractivity contribution in [2.45, 2.75) is 13.8 Å². The van der Waals surface area contributed by atoms with Crippen molar-refractivity contribution >= 4 is 22.5 Å². The Kier molecular flexibility index (Phi) is 3.52. The number of aromatic amines is 2. The van der Waals surface area contributed by atoms with Gasteiger partial charge in [0.25, 0.3) is 5.91 Å². The maximum absolute atomic E-state index is 12.8. The SMILES string of the molecule is Cc1n[nH]c(C)c1N1CCN(C(=O)c2ccc3cc[nH]c3c2)CC1. The van der Waals surface area contributed by atoms with Gasteiger partial charge in [-0.05, 0) is 37.4 Å². The first-order valence-corrected chi connectivity index (χ1v) is 8.26. The number of benzene rings is 1. The Bertz CT molecular complexity index is 866. The summed E-state index contributed by atoms with van der Waals surface area (Å²) in [5.74, 6) is 0.104. The minimum absolute atomic E-state index is 0.104. The molecule has 3 aromatic rings. The third kappa shape index (κ3) is 2.44. The summed E-state index contributed by atoms with van der Waals surface area (Å²) in [7, 11) is 0. The number of aromatic nitrogens is 3. The van der Waals surface area contributed by atoms with E-state index in [0.29, 0.717) is 0 Å². The molecule has 1 aliphatic rings. The molecule has 2 aromatic heterocycles. The van der Waals surface area contributed by atoms with Crippen LogP contribution in [0.3, 0.4) is 0 Å². The second-order valence-corrected chi connectivity index (χ2v) is 6.34. The lowest BCUT2D eigenvalue weighted by Gasteiger charge is -2.36. The first kappa shape index (κ1) is 14.8. The van der Waals surface area contributed by atoms with Gasteiger partial charge in [-0.25, -0.2) is 0 Å². The van der Waals surface area contributed by atoms with Gasteiger partial charge < -0.3 is 14.8 Å². The Morgan fingerprint density at radius 1 is 1.12 bits per heavy atom. The third-order valence-electron chi connectivity index (χ3n) is 4.77. The predicted molar refractivity (Wildman–Crippen MR) is 94.5 cm³/mol. The van der Waals surface area contributed by atoms with Crippen LogP contribution in [-0.2, 0) is 0 Å². The minimum atomic E-state index is 0.104. The number of fused-ring (bicyclic) bond motifs is 1. The van der Waals surface area contributed by atoms with Gasteiger partial charge in [0.2, 0.25) is 0 Å². The van der Waals surface area contributed by atoms with Crippen LogP contribution in [0, 0.1) is 13.8 Å². The van der Waals surface area contributed by atoms with Gasteiger partial charge in [0.1, 0.15) is 0 Å². The van der Waals surface area contributed by atoms with Crippen molar-refractivity contribution in [3.63, 3.8) is 0 Å². The maximum Gasteiger partial charge on any atom is 0.254 e. The number of nitrogens with zero attached hydrogens (tertiary/aromatic N) is 3. The van der Waals surface area contributed by atoms with Gasteiger partial charge in [-0.15, -0.1) is 0 Å². The highest BCUT2D eigenvalue weighted by molar-refractivity contribution is 5.98. The summed E-state index contributed by atoms with van der Waals surface area (Å²) >= 11 is 0. The molecule has 0 unspecified atom stereocenters. The molecule has 1 amide bonds. The molecule has 2 N–H and O–H groups in total. The Balaban J connectivity index is 1.48. The zero-order chi connectivity index (χ0) is 16.7. The molecule has 0 spiro atoms. The fraction of sp³-hybridized carbons (Fsp3) is 0.333. The first-order chi connectivity index (χ1) is 11.6. The van der Waals surface area contributed by atoms with Crippen molar-refractivity contribution in [2.24, 2.45) is 0 Å². The molecule has 1 fully saturated rings. The summed E-state index contributed by atoms with van der Waals surface area (Å²) < 4.78 is 0. The molecular formula is C18H21N5O. The van der Waals surface area contributed by atoms with Crippen LogP contribution in [0.25, 0.3) is 10.9 Å². The van der Waals surface area contributed by atoms with Crippen molar-refractivity contribution in [1.29, 1.82) is 0 Å². The highest BCUT2D eigenvalue weighted by Crippen LogP contribution is 2.24. The molecule has 0 saturated carbocycles. The normalized spacial score (nSPS) is 15.2. The van der Waals surface area contributed by atoms with E-state index in [2.05, 4.69) is 20.1 Å². The fourth-order valence-electron chi connectivity index (χ4n) is 3.51. The van der Waals surface area contributed by atoms with E-state index in [1.54, 1.807) is 0 Å². The fourth-order valence-corrected chi connectivity index (χ4v) is 3.51. The van der Waals surface area contributed by atoms with Gasteiger partial charge in [-0.1, -0.05) is 6.07 Å². The second kappa shape index (κ2) is 5.70. The molecule has 124 valence electrons. The first-order valence-electron chi connectivity index (χ1n) is 8.26. The molecular weight excluding hydrogens is 302 g/mol. The number of amides is 1. The topological polar surface area (TPSA) is 68.0 Å². The van der Waals surface area contributed by atoms with Crippen molar-refractivity contribution in [3.8, 4) is 0 Å². The van der Waals surface area contributed by atoms with Gasteiger partial charge in [-0.2, -0.15) is 5.10 Å². The molecule has 0 bridgehead atoms. The average Bonchev–Trinajstić information content (AvgIpc) is 3.20. The predicted octanol–water partition coefficient (Wildman–Crippen LogP) is 2.47. The van der Waals surface area contributed by atoms with Gasteiger partial charge >= 0.3 is 0 Å². The molecule has 0 aliphatic carbocycles. The quantitative estimate of drug-likeness (QED) is 0.761. The number of piperazine rings is 1. The van der Waals surface area contributed by atoms with E-state index in [9.17, 15) is 4.79 Å². The van der Waals surface area contributed by atoms with E-state index in [1.807, 2.05) is 49.2 Å². The van der Waals surface area contributed by atoms with E-state index in [1.165, 1.54) is 5.69 Å². The molecule has 24 heavy (non-hydrogen) atoms. The monoisotopic (exact) mass is 323 g/mol. The summed E-state index contributed by atoms with van der Waals surface area (Å²) in [4.78, 5) is 20.2. The largest absolute Gasteiger partial charge is 0.365 e. The maximum atomic E-state index is 12.8. The van der Waals surface area contributed by atoms with Crippen LogP contribution < -0.4 is 4.90 Å².